The molecule has 0 aliphatic rings. The minimum atomic E-state index is -1.89. The number of nitrogens with zero attached hydrogens (tertiary/aromatic N) is 1. The molecule has 2 aromatic rings. The lowest BCUT2D eigenvalue weighted by Crippen LogP contribution is -2.29. The van der Waals surface area contributed by atoms with Gasteiger partial charge in [-0.15, -0.1) is 0 Å². The van der Waals surface area contributed by atoms with Crippen LogP contribution in [0.2, 0.25) is 19.6 Å². The fraction of sp³-hybridized carbons (Fsp3) is 0.176. The molecule has 0 fully saturated rings. The van der Waals surface area contributed by atoms with E-state index in [1.807, 2.05) is 19.6 Å². The highest BCUT2D eigenvalue weighted by molar-refractivity contribution is 6.71. The number of benzene rings is 2. The first-order valence-electron chi connectivity index (χ1n) is 6.96. The maximum Gasteiger partial charge on any atom is 0.324 e. The molecule has 0 atom stereocenters. The van der Waals surface area contributed by atoms with Gasteiger partial charge >= 0.3 is 5.97 Å². The van der Waals surface area contributed by atoms with Crippen LogP contribution >= 0.6 is 0 Å². The van der Waals surface area contributed by atoms with Gasteiger partial charge in [-0.05, 0) is 61.6 Å². The summed E-state index contributed by atoms with van der Waals surface area (Å²) in [6, 6.07) is 13.0. The Balaban J connectivity index is 2.05. The Bertz CT molecular complexity index is 673. The highest BCUT2D eigenvalue weighted by Gasteiger charge is 2.20. The smallest absolute Gasteiger partial charge is 0.324 e. The molecule has 22 heavy (non-hydrogen) atoms. The number of carbonyl (C=O) groups excluding carboxylic acids is 1. The van der Waals surface area contributed by atoms with Crippen LogP contribution in [0.25, 0.3) is 0 Å². The third kappa shape index (κ3) is 4.93. The van der Waals surface area contributed by atoms with Crippen molar-refractivity contribution >= 4 is 26.2 Å². The quantitative estimate of drug-likeness (QED) is 0.612. The van der Waals surface area contributed by atoms with Crippen molar-refractivity contribution in [2.24, 2.45) is 4.99 Å². The lowest BCUT2D eigenvalue weighted by molar-refractivity contribution is 0.0724. The standard InChI is InChI=1S/C17H18FNO2Si/c1-22(2,3)21-17(20)14-6-10-16(11-7-14)19-12-13-4-8-15(18)9-5-13/h4-12H,1-3H3. The Kier molecular flexibility index (Phi) is 4.87. The van der Waals surface area contributed by atoms with Crippen molar-refractivity contribution < 1.29 is 13.6 Å². The van der Waals surface area contributed by atoms with E-state index in [1.165, 1.54) is 12.1 Å². The lowest BCUT2D eigenvalue weighted by Gasteiger charge is -2.17. The summed E-state index contributed by atoms with van der Waals surface area (Å²) in [6.45, 7) is 5.89. The monoisotopic (exact) mass is 315 g/mol. The first-order chi connectivity index (χ1) is 10.3. The van der Waals surface area contributed by atoms with Gasteiger partial charge < -0.3 is 4.43 Å². The van der Waals surface area contributed by atoms with Gasteiger partial charge in [0, 0.05) is 6.21 Å². The maximum atomic E-state index is 12.8. The molecule has 0 spiro atoms. The fourth-order valence-electron chi connectivity index (χ4n) is 1.72. The molecule has 2 aromatic carbocycles. The van der Waals surface area contributed by atoms with Crippen LogP contribution in [0, 0.1) is 5.82 Å². The molecule has 0 N–H and O–H groups in total. The van der Waals surface area contributed by atoms with Gasteiger partial charge in [0.15, 0.2) is 0 Å². The van der Waals surface area contributed by atoms with E-state index in [4.69, 9.17) is 4.43 Å². The molecular weight excluding hydrogens is 297 g/mol. The summed E-state index contributed by atoms with van der Waals surface area (Å²) in [6.07, 6.45) is 1.65. The minimum Gasteiger partial charge on any atom is -0.516 e. The highest BCUT2D eigenvalue weighted by Crippen LogP contribution is 2.15. The molecule has 0 aliphatic heterocycles. The molecule has 2 rings (SSSR count). The summed E-state index contributed by atoms with van der Waals surface area (Å²) in [4.78, 5) is 16.2. The van der Waals surface area contributed by atoms with E-state index < -0.39 is 8.32 Å². The van der Waals surface area contributed by atoms with Crippen LogP contribution in [0.15, 0.2) is 53.5 Å². The average molecular weight is 315 g/mol. The fourth-order valence-corrected chi connectivity index (χ4v) is 2.39. The Morgan fingerprint density at radius 1 is 1.05 bits per heavy atom. The molecule has 0 bridgehead atoms. The number of carbonyl (C=O) groups is 1. The van der Waals surface area contributed by atoms with Crippen molar-refractivity contribution in [1.82, 2.24) is 0 Å². The second-order valence-electron chi connectivity index (χ2n) is 5.86. The summed E-state index contributed by atoms with van der Waals surface area (Å²) in [5.74, 6) is -0.573. The van der Waals surface area contributed by atoms with Crippen LogP contribution in [0.3, 0.4) is 0 Å². The van der Waals surface area contributed by atoms with Gasteiger partial charge in [-0.3, -0.25) is 4.99 Å². The SMILES string of the molecule is C[Si](C)(C)OC(=O)c1ccc(N=Cc2ccc(F)cc2)cc1. The van der Waals surface area contributed by atoms with Crippen molar-refractivity contribution in [3.63, 3.8) is 0 Å². The largest absolute Gasteiger partial charge is 0.516 e. The normalized spacial score (nSPS) is 11.6. The third-order valence-electron chi connectivity index (χ3n) is 2.73. The molecule has 0 aliphatic carbocycles. The van der Waals surface area contributed by atoms with Crippen LogP contribution in [0.4, 0.5) is 10.1 Å². The molecule has 0 amide bonds. The van der Waals surface area contributed by atoms with Gasteiger partial charge in [0.25, 0.3) is 0 Å². The first-order valence-corrected chi connectivity index (χ1v) is 10.4. The summed E-state index contributed by atoms with van der Waals surface area (Å²) >= 11 is 0. The molecular formula is C17H18FNO2Si. The highest BCUT2D eigenvalue weighted by atomic mass is 28.4. The van der Waals surface area contributed by atoms with E-state index in [0.29, 0.717) is 11.3 Å². The van der Waals surface area contributed by atoms with E-state index in [9.17, 15) is 9.18 Å². The van der Waals surface area contributed by atoms with Crippen LogP contribution in [0.5, 0.6) is 0 Å². The maximum absolute atomic E-state index is 12.8. The zero-order valence-corrected chi connectivity index (χ0v) is 13.8. The number of hydrogen-bond donors (Lipinski definition) is 0. The molecule has 5 heteroatoms. The van der Waals surface area contributed by atoms with E-state index in [1.54, 1.807) is 42.6 Å². The van der Waals surface area contributed by atoms with Crippen molar-refractivity contribution in [3.8, 4) is 0 Å². The Labute approximate surface area is 130 Å². The summed E-state index contributed by atoms with van der Waals surface area (Å²) in [7, 11) is -1.89. The summed E-state index contributed by atoms with van der Waals surface area (Å²) in [5.41, 5.74) is 2.04. The van der Waals surface area contributed by atoms with Crippen molar-refractivity contribution in [2.75, 3.05) is 0 Å². The average Bonchev–Trinajstić information content (AvgIpc) is 2.45. The molecule has 0 radical (unpaired) electrons. The number of halogens is 1. The van der Waals surface area contributed by atoms with Crippen molar-refractivity contribution in [3.05, 3.63) is 65.5 Å². The Morgan fingerprint density at radius 3 is 2.18 bits per heavy atom. The van der Waals surface area contributed by atoms with E-state index in [2.05, 4.69) is 4.99 Å². The Morgan fingerprint density at radius 2 is 1.64 bits per heavy atom. The van der Waals surface area contributed by atoms with Crippen LogP contribution in [-0.4, -0.2) is 20.5 Å². The van der Waals surface area contributed by atoms with Crippen LogP contribution in [-0.2, 0) is 4.43 Å². The molecule has 114 valence electrons. The predicted octanol–water partition coefficient (Wildman–Crippen LogP) is 4.57. The van der Waals surface area contributed by atoms with E-state index in [-0.39, 0.29) is 11.8 Å². The van der Waals surface area contributed by atoms with Gasteiger partial charge in [-0.1, -0.05) is 12.1 Å². The zero-order chi connectivity index (χ0) is 16.2. The Hall–Kier alpha value is -2.27. The third-order valence-corrected chi connectivity index (χ3v) is 3.53. The van der Waals surface area contributed by atoms with E-state index in [0.717, 1.165) is 5.56 Å². The predicted molar refractivity (Wildman–Crippen MR) is 88.9 cm³/mol. The van der Waals surface area contributed by atoms with Gasteiger partial charge in [-0.2, -0.15) is 0 Å². The second kappa shape index (κ2) is 6.66. The second-order valence-corrected chi connectivity index (χ2v) is 10.3. The van der Waals surface area contributed by atoms with Crippen molar-refractivity contribution in [1.29, 1.82) is 0 Å². The van der Waals surface area contributed by atoms with Crippen LogP contribution in [0.1, 0.15) is 15.9 Å². The molecule has 0 unspecified atom stereocenters. The molecule has 0 aromatic heterocycles. The van der Waals surface area contributed by atoms with Gasteiger partial charge in [0.1, 0.15) is 5.82 Å². The van der Waals surface area contributed by atoms with Gasteiger partial charge in [0.2, 0.25) is 8.32 Å². The van der Waals surface area contributed by atoms with Gasteiger partial charge in [-0.25, -0.2) is 9.18 Å². The molecule has 0 saturated heterocycles. The first kappa shape index (κ1) is 16.1. The molecule has 0 heterocycles. The summed E-state index contributed by atoms with van der Waals surface area (Å²) < 4.78 is 18.2. The number of aliphatic imine (C=N–C) groups is 1. The van der Waals surface area contributed by atoms with Crippen molar-refractivity contribution in [2.45, 2.75) is 19.6 Å². The lowest BCUT2D eigenvalue weighted by atomic mass is 10.2. The zero-order valence-electron chi connectivity index (χ0n) is 12.8. The number of hydrogen-bond acceptors (Lipinski definition) is 3. The summed E-state index contributed by atoms with van der Waals surface area (Å²) in [5, 5.41) is 0. The minimum absolute atomic E-state index is 0.276. The molecule has 0 saturated carbocycles. The molecule has 3 nitrogen and oxygen atoms in total. The van der Waals surface area contributed by atoms with E-state index >= 15 is 0 Å². The van der Waals surface area contributed by atoms with Crippen LogP contribution < -0.4 is 0 Å². The topological polar surface area (TPSA) is 38.7 Å². The van der Waals surface area contributed by atoms with Gasteiger partial charge in [0.05, 0.1) is 11.3 Å². The number of rotatable bonds is 4.